The van der Waals surface area contributed by atoms with E-state index in [0.29, 0.717) is 23.9 Å². The van der Waals surface area contributed by atoms with Crippen molar-refractivity contribution < 1.29 is 4.74 Å². The molecule has 0 radical (unpaired) electrons. The maximum absolute atomic E-state index is 5.69. The van der Waals surface area contributed by atoms with Gasteiger partial charge in [-0.25, -0.2) is 0 Å². The lowest BCUT2D eigenvalue weighted by molar-refractivity contribution is -0.0554. The molecule has 2 heterocycles. The molecule has 0 aromatic carbocycles. The van der Waals surface area contributed by atoms with Gasteiger partial charge in [-0.15, -0.1) is 5.10 Å². The lowest BCUT2D eigenvalue weighted by Gasteiger charge is -2.31. The van der Waals surface area contributed by atoms with Gasteiger partial charge < -0.3 is 10.5 Å². The van der Waals surface area contributed by atoms with E-state index in [-0.39, 0.29) is 0 Å². The number of hydrogen-bond acceptors (Lipinski definition) is 4. The van der Waals surface area contributed by atoms with Crippen LogP contribution in [-0.4, -0.2) is 27.2 Å². The number of rotatable bonds is 2. The molecule has 1 aliphatic heterocycles. The normalized spacial score (nSPS) is 31.7. The molecule has 15 heavy (non-hydrogen) atoms. The molecular formula is C10H18N4O. The molecule has 2 rings (SSSR count). The molecule has 0 aliphatic carbocycles. The van der Waals surface area contributed by atoms with Gasteiger partial charge in [0.15, 0.2) is 5.82 Å². The number of hydrogen-bond donors (Lipinski definition) is 1. The molecule has 0 spiro atoms. The standard InChI is InChI=1S/C10H18N4O/c1-7-3-9(4-8(2)15-7)5-14-6-10(11)12-13-14/h6-9H,3-5,11H2,1-2H3. The van der Waals surface area contributed by atoms with Crippen LogP contribution in [-0.2, 0) is 11.3 Å². The van der Waals surface area contributed by atoms with Gasteiger partial charge in [-0.3, -0.25) is 4.68 Å². The summed E-state index contributed by atoms with van der Waals surface area (Å²) >= 11 is 0. The minimum Gasteiger partial charge on any atom is -0.381 e. The van der Waals surface area contributed by atoms with E-state index in [9.17, 15) is 0 Å². The van der Waals surface area contributed by atoms with Crippen LogP contribution in [0.4, 0.5) is 5.82 Å². The summed E-state index contributed by atoms with van der Waals surface area (Å²) in [7, 11) is 0. The van der Waals surface area contributed by atoms with Crippen molar-refractivity contribution in [2.45, 2.75) is 45.4 Å². The van der Waals surface area contributed by atoms with Gasteiger partial charge in [0.25, 0.3) is 0 Å². The van der Waals surface area contributed by atoms with Gasteiger partial charge in [-0.1, -0.05) is 5.21 Å². The van der Waals surface area contributed by atoms with Gasteiger partial charge in [0.1, 0.15) is 0 Å². The number of nitrogens with two attached hydrogens (primary N) is 1. The number of ether oxygens (including phenoxy) is 1. The minimum atomic E-state index is 0.347. The molecule has 2 N–H and O–H groups in total. The third-order valence-corrected chi connectivity index (χ3v) is 2.80. The quantitative estimate of drug-likeness (QED) is 0.792. The summed E-state index contributed by atoms with van der Waals surface area (Å²) in [5.41, 5.74) is 5.52. The van der Waals surface area contributed by atoms with Crippen LogP contribution in [0.15, 0.2) is 6.20 Å². The Morgan fingerprint density at radius 3 is 2.67 bits per heavy atom. The van der Waals surface area contributed by atoms with E-state index in [0.717, 1.165) is 19.4 Å². The summed E-state index contributed by atoms with van der Waals surface area (Å²) in [6, 6.07) is 0. The van der Waals surface area contributed by atoms with Crippen molar-refractivity contribution in [2.24, 2.45) is 5.92 Å². The van der Waals surface area contributed by atoms with E-state index >= 15 is 0 Å². The van der Waals surface area contributed by atoms with Gasteiger partial charge >= 0.3 is 0 Å². The predicted molar refractivity (Wildman–Crippen MR) is 57.2 cm³/mol. The van der Waals surface area contributed by atoms with E-state index in [1.54, 1.807) is 6.20 Å². The third-order valence-electron chi connectivity index (χ3n) is 2.80. The summed E-state index contributed by atoms with van der Waals surface area (Å²) in [4.78, 5) is 0. The molecule has 0 saturated carbocycles. The van der Waals surface area contributed by atoms with Crippen molar-refractivity contribution in [1.29, 1.82) is 0 Å². The highest BCUT2D eigenvalue weighted by Crippen LogP contribution is 2.25. The monoisotopic (exact) mass is 210 g/mol. The Labute approximate surface area is 89.6 Å². The average molecular weight is 210 g/mol. The molecule has 0 amide bonds. The number of aromatic nitrogens is 3. The van der Waals surface area contributed by atoms with Crippen LogP contribution < -0.4 is 5.73 Å². The first-order valence-electron chi connectivity index (χ1n) is 5.44. The van der Waals surface area contributed by atoms with Crippen LogP contribution in [0, 0.1) is 5.92 Å². The maximum Gasteiger partial charge on any atom is 0.165 e. The Kier molecular flexibility index (Phi) is 2.90. The summed E-state index contributed by atoms with van der Waals surface area (Å²) < 4.78 is 7.51. The Hall–Kier alpha value is -1.10. The van der Waals surface area contributed by atoms with Crippen LogP contribution in [0.1, 0.15) is 26.7 Å². The molecule has 2 atom stereocenters. The second-order valence-corrected chi connectivity index (χ2v) is 4.46. The van der Waals surface area contributed by atoms with E-state index in [1.807, 2.05) is 4.68 Å². The molecule has 0 bridgehead atoms. The second kappa shape index (κ2) is 4.18. The smallest absolute Gasteiger partial charge is 0.165 e. The Bertz CT molecular complexity index is 315. The largest absolute Gasteiger partial charge is 0.381 e. The van der Waals surface area contributed by atoms with E-state index in [2.05, 4.69) is 24.2 Å². The first-order valence-corrected chi connectivity index (χ1v) is 5.44. The first-order chi connectivity index (χ1) is 7.13. The molecule has 1 aromatic heterocycles. The summed E-state index contributed by atoms with van der Waals surface area (Å²) in [6.45, 7) is 5.14. The van der Waals surface area contributed by atoms with Gasteiger partial charge in [0.2, 0.25) is 0 Å². The molecule has 2 unspecified atom stereocenters. The van der Waals surface area contributed by atoms with Crippen molar-refractivity contribution in [3.05, 3.63) is 6.20 Å². The molecule has 84 valence electrons. The summed E-state index contributed by atoms with van der Waals surface area (Å²) in [5.74, 6) is 1.10. The zero-order chi connectivity index (χ0) is 10.8. The van der Waals surface area contributed by atoms with Crippen molar-refractivity contribution in [3.63, 3.8) is 0 Å². The van der Waals surface area contributed by atoms with Crippen molar-refractivity contribution in [3.8, 4) is 0 Å². The highest BCUT2D eigenvalue weighted by molar-refractivity contribution is 5.19. The Balaban J connectivity index is 1.94. The van der Waals surface area contributed by atoms with Gasteiger partial charge in [-0.05, 0) is 32.6 Å². The summed E-state index contributed by atoms with van der Waals surface area (Å²) in [6.07, 6.45) is 4.65. The van der Waals surface area contributed by atoms with Crippen LogP contribution in [0.25, 0.3) is 0 Å². The van der Waals surface area contributed by atoms with Crippen LogP contribution in [0.5, 0.6) is 0 Å². The van der Waals surface area contributed by atoms with Crippen molar-refractivity contribution >= 4 is 5.82 Å². The van der Waals surface area contributed by atoms with E-state index < -0.39 is 0 Å². The van der Waals surface area contributed by atoms with Gasteiger partial charge in [-0.2, -0.15) is 0 Å². The maximum atomic E-state index is 5.69. The van der Waals surface area contributed by atoms with Crippen molar-refractivity contribution in [2.75, 3.05) is 5.73 Å². The highest BCUT2D eigenvalue weighted by atomic mass is 16.5. The fourth-order valence-electron chi connectivity index (χ4n) is 2.36. The topological polar surface area (TPSA) is 66.0 Å². The summed E-state index contributed by atoms with van der Waals surface area (Å²) in [5, 5.41) is 7.74. The second-order valence-electron chi connectivity index (χ2n) is 4.46. The zero-order valence-electron chi connectivity index (χ0n) is 9.26. The number of nitrogen functional groups attached to an aromatic ring is 1. The van der Waals surface area contributed by atoms with Gasteiger partial charge in [0, 0.05) is 6.54 Å². The van der Waals surface area contributed by atoms with Crippen LogP contribution in [0.3, 0.4) is 0 Å². The number of anilines is 1. The number of nitrogens with zero attached hydrogens (tertiary/aromatic N) is 3. The SMILES string of the molecule is CC1CC(Cn2cc(N)nn2)CC(C)O1. The Morgan fingerprint density at radius 2 is 2.13 bits per heavy atom. The third kappa shape index (κ3) is 2.68. The first kappa shape index (κ1) is 10.4. The lowest BCUT2D eigenvalue weighted by atomic mass is 9.93. The van der Waals surface area contributed by atoms with Crippen LogP contribution >= 0.6 is 0 Å². The average Bonchev–Trinajstić information content (AvgIpc) is 2.49. The molecule has 1 saturated heterocycles. The van der Waals surface area contributed by atoms with Crippen LogP contribution in [0.2, 0.25) is 0 Å². The van der Waals surface area contributed by atoms with E-state index in [1.165, 1.54) is 0 Å². The fraction of sp³-hybridized carbons (Fsp3) is 0.800. The lowest BCUT2D eigenvalue weighted by Crippen LogP contribution is -2.31. The molecule has 1 aliphatic rings. The predicted octanol–water partition coefficient (Wildman–Crippen LogP) is 1.06. The zero-order valence-corrected chi connectivity index (χ0v) is 9.26. The molecule has 5 heteroatoms. The molecular weight excluding hydrogens is 192 g/mol. The van der Waals surface area contributed by atoms with Crippen molar-refractivity contribution in [1.82, 2.24) is 15.0 Å². The highest BCUT2D eigenvalue weighted by Gasteiger charge is 2.24. The van der Waals surface area contributed by atoms with E-state index in [4.69, 9.17) is 10.5 Å². The molecule has 1 aromatic rings. The molecule has 1 fully saturated rings. The fourth-order valence-corrected chi connectivity index (χ4v) is 2.36. The van der Waals surface area contributed by atoms with Gasteiger partial charge in [0.05, 0.1) is 18.4 Å². The Morgan fingerprint density at radius 1 is 1.47 bits per heavy atom. The minimum absolute atomic E-state index is 0.347. The molecule has 5 nitrogen and oxygen atoms in total.